The molecule has 1 heterocycles. The summed E-state index contributed by atoms with van der Waals surface area (Å²) in [7, 11) is 4.41. The lowest BCUT2D eigenvalue weighted by molar-refractivity contribution is 0.179. The van der Waals surface area contributed by atoms with Crippen LogP contribution in [0.2, 0.25) is 0 Å². The Hall–Kier alpha value is -2.80. The average Bonchev–Trinajstić information content (AvgIpc) is 3.17. The van der Waals surface area contributed by atoms with Gasteiger partial charge in [0, 0.05) is 11.5 Å². The number of phenolic OH excluding ortho intramolecular Hbond substituents is 3. The van der Waals surface area contributed by atoms with Crippen molar-refractivity contribution >= 4 is 0 Å². The Labute approximate surface area is 163 Å². The molecule has 0 radical (unpaired) electrons. The van der Waals surface area contributed by atoms with Gasteiger partial charge in [-0.25, -0.2) is 0 Å². The van der Waals surface area contributed by atoms with Crippen molar-refractivity contribution in [2.45, 2.75) is 12.3 Å². The molecule has 1 aliphatic heterocycles. The summed E-state index contributed by atoms with van der Waals surface area (Å²) in [6.07, 6.45) is 0.729. The number of phenols is 3. The van der Waals surface area contributed by atoms with Gasteiger partial charge in [-0.2, -0.15) is 0 Å². The highest BCUT2D eigenvalue weighted by molar-refractivity contribution is 5.63. The molecule has 2 aliphatic rings. The van der Waals surface area contributed by atoms with Crippen molar-refractivity contribution in [1.29, 1.82) is 0 Å². The van der Waals surface area contributed by atoms with E-state index in [0.717, 1.165) is 17.5 Å². The molecule has 7 heteroatoms. The molecular weight excluding hydrogens is 364 g/mol. The maximum absolute atomic E-state index is 10.8. The molecule has 0 amide bonds. The van der Waals surface area contributed by atoms with E-state index in [1.807, 2.05) is 0 Å². The third kappa shape index (κ3) is 2.69. The zero-order valence-corrected chi connectivity index (χ0v) is 16.1. The molecule has 3 atom stereocenters. The van der Waals surface area contributed by atoms with Crippen molar-refractivity contribution in [3.05, 3.63) is 34.9 Å². The van der Waals surface area contributed by atoms with Crippen molar-refractivity contribution in [1.82, 2.24) is 0 Å². The molecule has 2 aromatic rings. The molecule has 7 nitrogen and oxygen atoms in total. The largest absolute Gasteiger partial charge is 0.504 e. The fourth-order valence-corrected chi connectivity index (χ4v) is 4.57. The fraction of sp³-hybridized carbons (Fsp3) is 0.429. The fourth-order valence-electron chi connectivity index (χ4n) is 4.57. The molecule has 0 spiro atoms. The minimum atomic E-state index is -0.277. The molecule has 4 rings (SSSR count). The van der Waals surface area contributed by atoms with Crippen molar-refractivity contribution in [2.75, 3.05) is 34.5 Å². The Balaban J connectivity index is 1.95. The first-order valence-corrected chi connectivity index (χ1v) is 9.14. The van der Waals surface area contributed by atoms with Crippen LogP contribution in [0.3, 0.4) is 0 Å². The van der Waals surface area contributed by atoms with E-state index >= 15 is 0 Å². The van der Waals surface area contributed by atoms with Gasteiger partial charge in [0.1, 0.15) is 0 Å². The van der Waals surface area contributed by atoms with Crippen LogP contribution in [0.25, 0.3) is 0 Å². The molecule has 1 aliphatic carbocycles. The van der Waals surface area contributed by atoms with Crippen LogP contribution < -0.4 is 14.2 Å². The molecule has 28 heavy (non-hydrogen) atoms. The van der Waals surface area contributed by atoms with Gasteiger partial charge in [0.05, 0.1) is 34.5 Å². The molecule has 0 bridgehead atoms. The Morgan fingerprint density at radius 1 is 0.821 bits per heavy atom. The topological polar surface area (TPSA) is 97.6 Å². The van der Waals surface area contributed by atoms with Crippen LogP contribution in [-0.4, -0.2) is 49.9 Å². The van der Waals surface area contributed by atoms with E-state index in [9.17, 15) is 15.3 Å². The summed E-state index contributed by atoms with van der Waals surface area (Å²) in [6.45, 7) is 1.18. The van der Waals surface area contributed by atoms with E-state index in [2.05, 4.69) is 0 Å². The highest BCUT2D eigenvalue weighted by Crippen LogP contribution is 2.55. The molecule has 3 N–H and O–H groups in total. The zero-order valence-electron chi connectivity index (χ0n) is 16.1. The van der Waals surface area contributed by atoms with Crippen LogP contribution in [-0.2, 0) is 11.2 Å². The molecule has 3 unspecified atom stereocenters. The maximum Gasteiger partial charge on any atom is 0.200 e. The first kappa shape index (κ1) is 18.6. The lowest BCUT2D eigenvalue weighted by Gasteiger charge is -2.36. The van der Waals surface area contributed by atoms with Gasteiger partial charge in [-0.15, -0.1) is 0 Å². The van der Waals surface area contributed by atoms with Crippen molar-refractivity contribution in [3.8, 4) is 34.5 Å². The van der Waals surface area contributed by atoms with Crippen LogP contribution >= 0.6 is 0 Å². The quantitative estimate of drug-likeness (QED) is 0.693. The second kappa shape index (κ2) is 6.98. The van der Waals surface area contributed by atoms with E-state index in [1.165, 1.54) is 21.3 Å². The summed E-state index contributed by atoms with van der Waals surface area (Å²) in [5.41, 5.74) is 2.38. The highest BCUT2D eigenvalue weighted by atomic mass is 16.5. The molecule has 0 aromatic heterocycles. The highest BCUT2D eigenvalue weighted by Gasteiger charge is 2.44. The van der Waals surface area contributed by atoms with E-state index in [4.69, 9.17) is 18.9 Å². The summed E-state index contributed by atoms with van der Waals surface area (Å²) in [5.74, 6) is 0.415. The molecular formula is C21H24O7. The predicted molar refractivity (Wildman–Crippen MR) is 101 cm³/mol. The summed E-state index contributed by atoms with van der Waals surface area (Å²) >= 11 is 0. The number of hydrogen-bond donors (Lipinski definition) is 3. The third-order valence-electron chi connectivity index (χ3n) is 5.91. The number of ether oxygens (including phenoxy) is 4. The van der Waals surface area contributed by atoms with Gasteiger partial charge >= 0.3 is 0 Å². The number of aromatic hydroxyl groups is 3. The lowest BCUT2D eigenvalue weighted by Crippen LogP contribution is -2.29. The summed E-state index contributed by atoms with van der Waals surface area (Å²) in [6, 6.07) is 5.27. The van der Waals surface area contributed by atoms with E-state index in [-0.39, 0.29) is 52.3 Å². The van der Waals surface area contributed by atoms with Crippen LogP contribution in [0.1, 0.15) is 22.6 Å². The normalized spacial score (nSPS) is 23.0. The van der Waals surface area contributed by atoms with Crippen LogP contribution in [0.15, 0.2) is 18.2 Å². The number of methoxy groups -OCH3 is 3. The lowest BCUT2D eigenvalue weighted by atomic mass is 9.67. The average molecular weight is 388 g/mol. The predicted octanol–water partition coefficient (Wildman–Crippen LogP) is 2.78. The zero-order chi connectivity index (χ0) is 20.0. The third-order valence-corrected chi connectivity index (χ3v) is 5.91. The van der Waals surface area contributed by atoms with Crippen LogP contribution in [0.4, 0.5) is 0 Å². The second-order valence-corrected chi connectivity index (χ2v) is 7.27. The standard InChI is InChI=1S/C21H24O7/c1-25-14-6-11(7-15(26-2)19(14)22)17-13-9-28-8-12(13)4-10-5-16(27-3)20(23)21(24)18(10)17/h5-7,12-13,17,22-24H,4,8-9H2,1-3H3. The van der Waals surface area contributed by atoms with Crippen LogP contribution in [0, 0.1) is 11.8 Å². The monoisotopic (exact) mass is 388 g/mol. The molecule has 0 saturated carbocycles. The van der Waals surface area contributed by atoms with E-state index in [1.54, 1.807) is 18.2 Å². The molecule has 2 aromatic carbocycles. The van der Waals surface area contributed by atoms with E-state index in [0.29, 0.717) is 18.8 Å². The Morgan fingerprint density at radius 3 is 2.04 bits per heavy atom. The van der Waals surface area contributed by atoms with E-state index < -0.39 is 0 Å². The first-order chi connectivity index (χ1) is 13.5. The van der Waals surface area contributed by atoms with Gasteiger partial charge in [0.15, 0.2) is 23.0 Å². The van der Waals surface area contributed by atoms with Crippen molar-refractivity contribution in [3.63, 3.8) is 0 Å². The Kier molecular flexibility index (Phi) is 4.63. The Morgan fingerprint density at radius 2 is 1.43 bits per heavy atom. The number of fused-ring (bicyclic) bond motifs is 2. The van der Waals surface area contributed by atoms with Gasteiger partial charge < -0.3 is 34.3 Å². The second-order valence-electron chi connectivity index (χ2n) is 7.27. The summed E-state index contributed by atoms with van der Waals surface area (Å²) in [5, 5.41) is 31.5. The van der Waals surface area contributed by atoms with Gasteiger partial charge in [-0.05, 0) is 47.6 Å². The Bertz CT molecular complexity index is 883. The van der Waals surface area contributed by atoms with Crippen LogP contribution in [0.5, 0.6) is 34.5 Å². The minimum absolute atomic E-state index is 0.0780. The smallest absolute Gasteiger partial charge is 0.200 e. The molecule has 150 valence electrons. The summed E-state index contributed by atoms with van der Waals surface area (Å²) < 4.78 is 21.6. The SMILES string of the molecule is COc1cc(C2c3c(cc(OC)c(O)c3O)CC3COCC32)cc(OC)c1O. The molecule has 1 saturated heterocycles. The van der Waals surface area contributed by atoms with Gasteiger partial charge in [-0.1, -0.05) is 0 Å². The number of rotatable bonds is 4. The van der Waals surface area contributed by atoms with Gasteiger partial charge in [-0.3, -0.25) is 0 Å². The van der Waals surface area contributed by atoms with Gasteiger partial charge in [0.2, 0.25) is 11.5 Å². The molecule has 1 fully saturated rings. The first-order valence-electron chi connectivity index (χ1n) is 9.14. The van der Waals surface area contributed by atoms with Gasteiger partial charge in [0.25, 0.3) is 0 Å². The number of hydrogen-bond acceptors (Lipinski definition) is 7. The maximum atomic E-state index is 10.8. The number of benzene rings is 2. The van der Waals surface area contributed by atoms with Crippen molar-refractivity contribution in [2.24, 2.45) is 11.8 Å². The minimum Gasteiger partial charge on any atom is -0.504 e. The van der Waals surface area contributed by atoms with Crippen molar-refractivity contribution < 1.29 is 34.3 Å². The summed E-state index contributed by atoms with van der Waals surface area (Å²) in [4.78, 5) is 0.